The third-order valence-corrected chi connectivity index (χ3v) is 11.0. The van der Waals surface area contributed by atoms with E-state index in [0.29, 0.717) is 0 Å². The summed E-state index contributed by atoms with van der Waals surface area (Å²) in [5.74, 6) is 0.867. The van der Waals surface area contributed by atoms with Gasteiger partial charge < -0.3 is 9.88 Å². The molecule has 2 unspecified atom stereocenters. The van der Waals surface area contributed by atoms with E-state index in [4.69, 9.17) is 4.99 Å². The molecule has 50 heavy (non-hydrogen) atoms. The van der Waals surface area contributed by atoms with Gasteiger partial charge in [-0.2, -0.15) is 0 Å². The van der Waals surface area contributed by atoms with Crippen molar-refractivity contribution in [2.75, 3.05) is 0 Å². The van der Waals surface area contributed by atoms with E-state index in [9.17, 15) is 0 Å². The Balaban J connectivity index is 1.09. The lowest BCUT2D eigenvalue weighted by molar-refractivity contribution is 0.402. The third kappa shape index (κ3) is 4.80. The molecule has 6 heteroatoms. The highest BCUT2D eigenvalue weighted by atomic mass is 32.1. The Bertz CT molecular complexity index is 2710. The zero-order valence-corrected chi connectivity index (χ0v) is 27.8. The van der Waals surface area contributed by atoms with Crippen molar-refractivity contribution in [3.8, 4) is 16.8 Å². The smallest absolute Gasteiger partial charge is 0.133 e. The van der Waals surface area contributed by atoms with Crippen LogP contribution in [0.5, 0.6) is 0 Å². The SMILES string of the molecule is c1ccc(C2N=C(c3cccc4c3sc3ccc(-c5ccc6c(c5)c5ccccc5n6-c5ccccc5)cc34)NC(c3ccccn3)N2)cc1. The lowest BCUT2D eigenvalue weighted by Crippen LogP contribution is -2.45. The number of hydrogen-bond donors (Lipinski definition) is 2. The highest BCUT2D eigenvalue weighted by Crippen LogP contribution is 2.40. The van der Waals surface area contributed by atoms with Gasteiger partial charge in [0.2, 0.25) is 0 Å². The topological polar surface area (TPSA) is 54.2 Å². The lowest BCUT2D eigenvalue weighted by atomic mass is 10.00. The maximum Gasteiger partial charge on any atom is 0.133 e. The summed E-state index contributed by atoms with van der Waals surface area (Å²) in [6.45, 7) is 0. The molecule has 4 heterocycles. The number of nitrogens with zero attached hydrogens (tertiary/aromatic N) is 3. The number of para-hydroxylation sites is 2. The second-order valence-electron chi connectivity index (χ2n) is 12.7. The third-order valence-electron chi connectivity index (χ3n) is 9.73. The molecule has 3 aromatic heterocycles. The zero-order chi connectivity index (χ0) is 33.0. The van der Waals surface area contributed by atoms with Crippen molar-refractivity contribution in [1.29, 1.82) is 0 Å². The van der Waals surface area contributed by atoms with E-state index in [2.05, 4.69) is 154 Å². The number of thiophene rings is 1. The first-order valence-electron chi connectivity index (χ1n) is 16.9. The maximum atomic E-state index is 5.23. The van der Waals surface area contributed by atoms with Gasteiger partial charge in [0.25, 0.3) is 0 Å². The molecule has 10 rings (SSSR count). The van der Waals surface area contributed by atoms with Crippen LogP contribution in [0.3, 0.4) is 0 Å². The highest BCUT2D eigenvalue weighted by Gasteiger charge is 2.27. The number of fused-ring (bicyclic) bond motifs is 6. The summed E-state index contributed by atoms with van der Waals surface area (Å²) in [7, 11) is 0. The molecule has 1 aliphatic heterocycles. The van der Waals surface area contributed by atoms with Gasteiger partial charge in [0, 0.05) is 48.4 Å². The number of benzene rings is 6. The number of aliphatic imine (C=N–C) groups is 1. The second-order valence-corrected chi connectivity index (χ2v) is 13.8. The quantitative estimate of drug-likeness (QED) is 0.193. The lowest BCUT2D eigenvalue weighted by Gasteiger charge is -2.31. The fourth-order valence-corrected chi connectivity index (χ4v) is 8.57. The first kappa shape index (κ1) is 28.9. The molecule has 0 spiro atoms. The van der Waals surface area contributed by atoms with Crippen molar-refractivity contribution < 1.29 is 0 Å². The van der Waals surface area contributed by atoms with Crippen LogP contribution < -0.4 is 10.6 Å². The summed E-state index contributed by atoms with van der Waals surface area (Å²) in [4.78, 5) is 9.90. The van der Waals surface area contributed by atoms with Gasteiger partial charge in [-0.15, -0.1) is 11.3 Å². The van der Waals surface area contributed by atoms with Crippen molar-refractivity contribution in [3.63, 3.8) is 0 Å². The van der Waals surface area contributed by atoms with Crippen molar-refractivity contribution in [2.24, 2.45) is 4.99 Å². The van der Waals surface area contributed by atoms with Crippen LogP contribution in [0, 0.1) is 0 Å². The van der Waals surface area contributed by atoms with Crippen molar-refractivity contribution in [2.45, 2.75) is 12.3 Å². The molecule has 5 nitrogen and oxygen atoms in total. The Hall–Kier alpha value is -6.08. The number of nitrogens with one attached hydrogen (secondary N) is 2. The monoisotopic (exact) mass is 661 g/mol. The largest absolute Gasteiger partial charge is 0.349 e. The summed E-state index contributed by atoms with van der Waals surface area (Å²) in [6, 6.07) is 56.1. The van der Waals surface area contributed by atoms with Crippen molar-refractivity contribution >= 4 is 59.2 Å². The van der Waals surface area contributed by atoms with E-state index in [1.165, 1.54) is 58.8 Å². The summed E-state index contributed by atoms with van der Waals surface area (Å²) < 4.78 is 4.85. The summed E-state index contributed by atoms with van der Waals surface area (Å²) in [5.41, 5.74) is 9.15. The minimum atomic E-state index is -0.210. The first-order valence-corrected chi connectivity index (χ1v) is 17.7. The molecule has 0 radical (unpaired) electrons. The predicted octanol–water partition coefficient (Wildman–Crippen LogP) is 10.6. The van der Waals surface area contributed by atoms with E-state index >= 15 is 0 Å². The number of aromatic nitrogens is 2. The van der Waals surface area contributed by atoms with Crippen molar-refractivity contribution in [3.05, 3.63) is 181 Å². The van der Waals surface area contributed by atoms with E-state index in [1.54, 1.807) is 0 Å². The number of rotatable bonds is 5. The number of pyridine rings is 1. The molecule has 0 bridgehead atoms. The minimum Gasteiger partial charge on any atom is -0.349 e. The van der Waals surface area contributed by atoms with E-state index in [0.717, 1.165) is 22.7 Å². The summed E-state index contributed by atoms with van der Waals surface area (Å²) >= 11 is 1.83. The molecule has 238 valence electrons. The van der Waals surface area contributed by atoms with Crippen LogP contribution >= 0.6 is 11.3 Å². The van der Waals surface area contributed by atoms with Crippen molar-refractivity contribution in [1.82, 2.24) is 20.2 Å². The van der Waals surface area contributed by atoms with Gasteiger partial charge in [-0.25, -0.2) is 4.99 Å². The molecule has 0 saturated heterocycles. The van der Waals surface area contributed by atoms with Gasteiger partial charge in [0.15, 0.2) is 0 Å². The molecule has 1 aliphatic rings. The van der Waals surface area contributed by atoms with Crippen LogP contribution in [0.2, 0.25) is 0 Å². The molecule has 2 N–H and O–H groups in total. The fourth-order valence-electron chi connectivity index (χ4n) is 7.37. The van der Waals surface area contributed by atoms with Crippen LogP contribution in [0.15, 0.2) is 169 Å². The molecule has 0 amide bonds. The average Bonchev–Trinajstić information content (AvgIpc) is 3.74. The van der Waals surface area contributed by atoms with E-state index < -0.39 is 0 Å². The van der Waals surface area contributed by atoms with Crippen LogP contribution in [0.1, 0.15) is 29.2 Å². The van der Waals surface area contributed by atoms with Crippen LogP contribution in [0.4, 0.5) is 0 Å². The Morgan fingerprint density at radius 1 is 0.580 bits per heavy atom. The molecule has 0 aliphatic carbocycles. The van der Waals surface area contributed by atoms with Gasteiger partial charge >= 0.3 is 0 Å². The average molecular weight is 662 g/mol. The summed E-state index contributed by atoms with van der Waals surface area (Å²) in [6.07, 6.45) is 1.44. The number of hydrogen-bond acceptors (Lipinski definition) is 5. The zero-order valence-electron chi connectivity index (χ0n) is 27.0. The molecule has 9 aromatic rings. The second kappa shape index (κ2) is 11.8. The Labute approximate surface area is 293 Å². The molecule has 0 fully saturated rings. The standard InChI is InChI=1S/C44H31N5S/c1-3-12-28(13-4-1)42-46-43(48-44(47-42)37-19-9-10-25-45-37)34-18-11-17-33-36-27-30(22-24-40(36)50-41(33)34)29-21-23-39-35(26-29)32-16-7-8-20-38(32)49(39)31-14-5-2-6-15-31/h1-27,42,44,47H,(H,46,48). The fraction of sp³-hybridized carbons (Fsp3) is 0.0455. The Morgan fingerprint density at radius 3 is 2.14 bits per heavy atom. The Kier molecular flexibility index (Phi) is 6.82. The van der Waals surface area contributed by atoms with E-state index in [1.807, 2.05) is 41.8 Å². The van der Waals surface area contributed by atoms with Gasteiger partial charge in [0.1, 0.15) is 18.2 Å². The van der Waals surface area contributed by atoms with Gasteiger partial charge in [0.05, 0.1) is 16.7 Å². The number of amidine groups is 1. The van der Waals surface area contributed by atoms with E-state index in [-0.39, 0.29) is 12.3 Å². The molecule has 6 aromatic carbocycles. The predicted molar refractivity (Wildman–Crippen MR) is 208 cm³/mol. The minimum absolute atomic E-state index is 0.187. The normalized spacial score (nSPS) is 16.2. The van der Waals surface area contributed by atoms with Crippen LogP contribution in [-0.2, 0) is 0 Å². The molecular formula is C44H31N5S. The molecule has 0 saturated carbocycles. The van der Waals surface area contributed by atoms with Crippen LogP contribution in [-0.4, -0.2) is 15.4 Å². The Morgan fingerprint density at radius 2 is 1.30 bits per heavy atom. The highest BCUT2D eigenvalue weighted by molar-refractivity contribution is 7.26. The van der Waals surface area contributed by atoms with Gasteiger partial charge in [-0.3, -0.25) is 10.3 Å². The van der Waals surface area contributed by atoms with Crippen LogP contribution in [0.25, 0.3) is 58.8 Å². The maximum absolute atomic E-state index is 5.23. The van der Waals surface area contributed by atoms with Gasteiger partial charge in [-0.05, 0) is 77.4 Å². The van der Waals surface area contributed by atoms with Gasteiger partial charge in [-0.1, -0.05) is 97.1 Å². The molecule has 2 atom stereocenters. The molecular weight excluding hydrogens is 631 g/mol. The summed E-state index contributed by atoms with van der Waals surface area (Å²) in [5, 5.41) is 12.4. The first-order chi connectivity index (χ1) is 24.8.